The molecule has 0 spiro atoms. The van der Waals surface area contributed by atoms with Crippen LogP contribution in [-0.4, -0.2) is 28.2 Å². The Morgan fingerprint density at radius 3 is 1.00 bits per heavy atom. The predicted molar refractivity (Wildman–Crippen MR) is 15.7 cm³/mol. The van der Waals surface area contributed by atoms with Gasteiger partial charge in [0.25, 0.3) is 0 Å². The molecule has 0 aromatic rings. The van der Waals surface area contributed by atoms with Gasteiger partial charge in [-0.1, -0.05) is 0 Å². The van der Waals surface area contributed by atoms with Crippen molar-refractivity contribution in [3.63, 3.8) is 0 Å². The number of rotatable bonds is 0. The molecule has 0 heterocycles. The van der Waals surface area contributed by atoms with Gasteiger partial charge in [-0.2, -0.15) is 0 Å². The minimum Gasteiger partial charge on any atom is -1.00 e. The second kappa shape index (κ2) is 6.16. The molecule has 0 saturated carbocycles. The summed E-state index contributed by atoms with van der Waals surface area (Å²) in [5, 5.41) is 0. The summed E-state index contributed by atoms with van der Waals surface area (Å²) in [6.07, 6.45) is 0. The summed E-state index contributed by atoms with van der Waals surface area (Å²) in [5.74, 6) is 0. The van der Waals surface area contributed by atoms with Crippen LogP contribution < -0.4 is 18.9 Å². The van der Waals surface area contributed by atoms with Crippen molar-refractivity contribution in [3.05, 3.63) is 0 Å². The molecular formula is H5CeLiO4Si. The third-order valence-corrected chi connectivity index (χ3v) is 0. The number of hydrogen-bond donors (Lipinski definition) is 4. The first-order valence-corrected chi connectivity index (χ1v) is 2.68. The Hall–Kier alpha value is 2.03. The van der Waals surface area contributed by atoms with E-state index in [4.69, 9.17) is 19.2 Å². The summed E-state index contributed by atoms with van der Waals surface area (Å²) in [4.78, 5) is 29.3. The normalized spacial score (nSPS) is 8.57. The van der Waals surface area contributed by atoms with Gasteiger partial charge < -0.3 is 20.6 Å². The Morgan fingerprint density at radius 2 is 1.00 bits per heavy atom. The van der Waals surface area contributed by atoms with Gasteiger partial charge in [0.2, 0.25) is 0 Å². The first-order valence-electron chi connectivity index (χ1n) is 0.894. The smallest absolute Gasteiger partial charge is 1.00 e. The van der Waals surface area contributed by atoms with Gasteiger partial charge in [-0.05, 0) is 0 Å². The van der Waals surface area contributed by atoms with Crippen molar-refractivity contribution in [2.75, 3.05) is 0 Å². The van der Waals surface area contributed by atoms with Gasteiger partial charge in [0.1, 0.15) is 0 Å². The zero-order valence-electron chi connectivity index (χ0n) is 4.79. The molecule has 4 N–H and O–H groups in total. The predicted octanol–water partition coefficient (Wildman–Crippen LogP) is -5.49. The maximum atomic E-state index is 7.33. The van der Waals surface area contributed by atoms with Crippen LogP contribution in [0.1, 0.15) is 1.43 Å². The van der Waals surface area contributed by atoms with Crippen molar-refractivity contribution in [1.82, 2.24) is 0 Å². The van der Waals surface area contributed by atoms with E-state index >= 15 is 0 Å². The summed E-state index contributed by atoms with van der Waals surface area (Å²) in [6, 6.07) is 0. The van der Waals surface area contributed by atoms with Gasteiger partial charge in [-0.25, -0.2) is 0 Å². The molecule has 0 saturated heterocycles. The van der Waals surface area contributed by atoms with E-state index in [0.717, 1.165) is 0 Å². The molecule has 0 aliphatic heterocycles. The summed E-state index contributed by atoms with van der Waals surface area (Å²) in [7, 11) is -4.61. The van der Waals surface area contributed by atoms with Crippen LogP contribution >= 0.6 is 0 Å². The standard InChI is InChI=1S/Ce.Li.H4O4Si.H/c;;1-5(2,3)4;/h;;1-4H;/q;+1;;-1. The minimum absolute atomic E-state index is 0. The van der Waals surface area contributed by atoms with Crippen molar-refractivity contribution in [1.29, 1.82) is 0 Å². The van der Waals surface area contributed by atoms with Crippen LogP contribution in [0.5, 0.6) is 0 Å². The molecule has 0 aromatic carbocycles. The molecule has 0 unspecified atom stereocenters. The first-order chi connectivity index (χ1) is 2.00. The van der Waals surface area contributed by atoms with Crippen molar-refractivity contribution in [2.24, 2.45) is 0 Å². The minimum atomic E-state index is -4.61. The maximum absolute atomic E-state index is 7.33. The van der Waals surface area contributed by atoms with Crippen LogP contribution in [0.2, 0.25) is 0 Å². The van der Waals surface area contributed by atoms with E-state index in [0.29, 0.717) is 0 Å². The molecule has 0 bridgehead atoms. The zero-order chi connectivity index (χ0) is 4.50. The Kier molecular flexibility index (Phi) is 14.1. The molecule has 0 amide bonds. The molecule has 4 nitrogen and oxygen atoms in total. The third kappa shape index (κ3) is 70.8. The molecule has 7 heteroatoms. The molecule has 0 aromatic heterocycles. The monoisotopic (exact) mass is 244 g/mol. The molecule has 0 radical (unpaired) electrons. The van der Waals surface area contributed by atoms with Gasteiger partial charge in [-0.15, -0.1) is 0 Å². The summed E-state index contributed by atoms with van der Waals surface area (Å²) in [5.41, 5.74) is 0. The van der Waals surface area contributed by atoms with E-state index in [1.54, 1.807) is 0 Å². The Bertz CT molecular complexity index is 31.5. The van der Waals surface area contributed by atoms with E-state index in [9.17, 15) is 0 Å². The van der Waals surface area contributed by atoms with Gasteiger partial charge in [0.15, 0.2) is 0 Å². The molecule has 38 valence electrons. The average molecular weight is 244 g/mol. The van der Waals surface area contributed by atoms with Crippen LogP contribution in [-0.2, 0) is 0 Å². The van der Waals surface area contributed by atoms with E-state index < -0.39 is 9.05 Å². The Balaban J connectivity index is -0.0000000267. The largest absolute Gasteiger partial charge is 1.00 e. The molecule has 0 atom stereocenters. The van der Waals surface area contributed by atoms with Crippen LogP contribution in [0.25, 0.3) is 0 Å². The molecule has 0 fully saturated rings. The Labute approximate surface area is 89.1 Å². The molecule has 0 aliphatic carbocycles. The topological polar surface area (TPSA) is 80.9 Å². The van der Waals surface area contributed by atoms with E-state index in [-0.39, 0.29) is 62.0 Å². The maximum Gasteiger partial charge on any atom is 1.00 e. The summed E-state index contributed by atoms with van der Waals surface area (Å²) in [6.45, 7) is 0. The number of hydrogen-bond acceptors (Lipinski definition) is 4. The molecule has 7 heavy (non-hydrogen) atoms. The van der Waals surface area contributed by atoms with Crippen molar-refractivity contribution >= 4 is 9.05 Å². The SMILES string of the molecule is O[Si](O)(O)O.[Ce].[H-].[Li+]. The van der Waals surface area contributed by atoms with Gasteiger partial charge >= 0.3 is 27.9 Å². The fourth-order valence-electron chi connectivity index (χ4n) is 0. The summed E-state index contributed by atoms with van der Waals surface area (Å²) >= 11 is 0. The van der Waals surface area contributed by atoms with Gasteiger partial charge in [-0.3, -0.25) is 0 Å². The van der Waals surface area contributed by atoms with E-state index in [1.165, 1.54) is 0 Å². The third-order valence-electron chi connectivity index (χ3n) is 0. The molecule has 0 aliphatic rings. The van der Waals surface area contributed by atoms with E-state index in [1.807, 2.05) is 0 Å². The second-order valence-electron chi connectivity index (χ2n) is 0.600. The zero-order valence-corrected chi connectivity index (χ0v) is 7.93. The van der Waals surface area contributed by atoms with Crippen LogP contribution in [0, 0.1) is 41.7 Å². The summed E-state index contributed by atoms with van der Waals surface area (Å²) < 4.78 is 0. The average Bonchev–Trinajstić information content (AvgIpc) is 0.722. The van der Waals surface area contributed by atoms with Crippen molar-refractivity contribution in [2.45, 2.75) is 0 Å². The molecular weight excluding hydrogens is 239 g/mol. The quantitative estimate of drug-likeness (QED) is 0.320. The first kappa shape index (κ1) is 16.0. The van der Waals surface area contributed by atoms with Crippen molar-refractivity contribution in [3.8, 4) is 0 Å². The fourth-order valence-corrected chi connectivity index (χ4v) is 0. The van der Waals surface area contributed by atoms with Gasteiger partial charge in [0.05, 0.1) is 0 Å². The fraction of sp³-hybridized carbons (Fsp3) is 0. The van der Waals surface area contributed by atoms with Crippen LogP contribution in [0.4, 0.5) is 0 Å². The van der Waals surface area contributed by atoms with Crippen LogP contribution in [0.3, 0.4) is 0 Å². The second-order valence-corrected chi connectivity index (χ2v) is 1.80. The van der Waals surface area contributed by atoms with E-state index in [2.05, 4.69) is 0 Å². The Morgan fingerprint density at radius 1 is 1.00 bits per heavy atom. The van der Waals surface area contributed by atoms with Gasteiger partial charge in [0, 0.05) is 41.7 Å². The molecule has 0 rings (SSSR count). The van der Waals surface area contributed by atoms with Crippen LogP contribution in [0.15, 0.2) is 0 Å². The van der Waals surface area contributed by atoms with Crippen molar-refractivity contribution < 1.29 is 81.2 Å².